The highest BCUT2D eigenvalue weighted by molar-refractivity contribution is 6.71. The fourth-order valence-corrected chi connectivity index (χ4v) is 1.44. The first-order chi connectivity index (χ1) is 7.23. The van der Waals surface area contributed by atoms with E-state index in [1.54, 1.807) is 0 Å². The highest BCUT2D eigenvalue weighted by Crippen LogP contribution is 2.38. The molecule has 0 aromatic carbocycles. The molecule has 0 aromatic rings. The van der Waals surface area contributed by atoms with E-state index in [0.29, 0.717) is 0 Å². The maximum atomic E-state index is 12.0. The van der Waals surface area contributed by atoms with Gasteiger partial charge >= 0.3 is 18.3 Å². The summed E-state index contributed by atoms with van der Waals surface area (Å²) in [6, 6.07) is 0. The Morgan fingerprint density at radius 3 is 1.59 bits per heavy atom. The van der Waals surface area contributed by atoms with Gasteiger partial charge in [-0.2, -0.15) is 26.3 Å². The molecule has 0 aromatic heterocycles. The quantitative estimate of drug-likeness (QED) is 0.440. The van der Waals surface area contributed by atoms with Gasteiger partial charge in [-0.3, -0.25) is 0 Å². The van der Waals surface area contributed by atoms with Crippen molar-refractivity contribution < 1.29 is 35.6 Å². The van der Waals surface area contributed by atoms with Gasteiger partial charge in [0.25, 0.3) is 0 Å². The molecule has 0 aliphatic rings. The molecule has 17 heavy (non-hydrogen) atoms. The third kappa shape index (κ3) is 6.34. The summed E-state index contributed by atoms with van der Waals surface area (Å²) < 4.78 is 76.6. The number of carbonyl (C=O) groups is 1. The maximum absolute atomic E-state index is 12.0. The Morgan fingerprint density at radius 2 is 1.35 bits per heavy atom. The van der Waals surface area contributed by atoms with Crippen LogP contribution in [0.4, 0.5) is 26.3 Å². The third-order valence-corrected chi connectivity index (χ3v) is 2.09. The first-order valence-electron chi connectivity index (χ1n) is 4.32. The molecule has 0 unspecified atom stereocenters. The molecule has 0 amide bonds. The maximum Gasteiger partial charge on any atom is 0.421 e. The molecular formula is C8H10F6O2Si. The highest BCUT2D eigenvalue weighted by Gasteiger charge is 2.51. The summed E-state index contributed by atoms with van der Waals surface area (Å²) in [7, 11) is -2.53. The first kappa shape index (κ1) is 16.0. The molecule has 0 saturated heterocycles. The molecule has 0 aliphatic heterocycles. The molecule has 0 atom stereocenters. The number of hydrogen-bond acceptors (Lipinski definition) is 2. The van der Waals surface area contributed by atoms with Crippen LogP contribution in [0.15, 0.2) is 11.6 Å². The van der Waals surface area contributed by atoms with E-state index in [9.17, 15) is 31.1 Å². The van der Waals surface area contributed by atoms with E-state index >= 15 is 0 Å². The minimum absolute atomic E-state index is 0.557. The van der Waals surface area contributed by atoms with E-state index in [2.05, 4.69) is 4.43 Å². The molecule has 9 heteroatoms. The molecular weight excluding hydrogens is 270 g/mol. The number of allylic oxidation sites excluding steroid dienone is 1. The van der Waals surface area contributed by atoms with Gasteiger partial charge in [-0.25, -0.2) is 4.79 Å². The lowest BCUT2D eigenvalue weighted by Crippen LogP contribution is -2.31. The van der Waals surface area contributed by atoms with Crippen molar-refractivity contribution in [3.05, 3.63) is 11.6 Å². The predicted molar refractivity (Wildman–Crippen MR) is 49.6 cm³/mol. The van der Waals surface area contributed by atoms with E-state index in [1.807, 2.05) is 0 Å². The summed E-state index contributed by atoms with van der Waals surface area (Å²) in [5.74, 6) is -1.63. The van der Waals surface area contributed by atoms with E-state index < -0.39 is 38.3 Å². The van der Waals surface area contributed by atoms with Crippen LogP contribution in [0.5, 0.6) is 0 Å². The Morgan fingerprint density at radius 1 is 1.00 bits per heavy atom. The Balaban J connectivity index is 5.17. The molecule has 0 radical (unpaired) electrons. The average molecular weight is 280 g/mol. The van der Waals surface area contributed by atoms with Crippen LogP contribution >= 0.6 is 0 Å². The van der Waals surface area contributed by atoms with Crippen LogP contribution in [0.2, 0.25) is 19.6 Å². The van der Waals surface area contributed by atoms with Gasteiger partial charge < -0.3 is 4.43 Å². The molecule has 0 bridgehead atoms. The zero-order valence-corrected chi connectivity index (χ0v) is 10.2. The normalized spacial score (nSPS) is 13.2. The molecule has 2 nitrogen and oxygen atoms in total. The Kier molecular flexibility index (Phi) is 4.43. The smallest absolute Gasteiger partial charge is 0.421 e. The minimum Gasteiger partial charge on any atom is -0.517 e. The number of rotatable bonds is 2. The van der Waals surface area contributed by atoms with E-state index in [0.717, 1.165) is 0 Å². The molecule has 0 fully saturated rings. The van der Waals surface area contributed by atoms with Gasteiger partial charge in [0.15, 0.2) is 0 Å². The molecule has 0 rings (SSSR count). The van der Waals surface area contributed by atoms with Crippen molar-refractivity contribution >= 4 is 14.3 Å². The van der Waals surface area contributed by atoms with Crippen molar-refractivity contribution in [3.63, 3.8) is 0 Å². The van der Waals surface area contributed by atoms with Crippen molar-refractivity contribution in [3.8, 4) is 0 Å². The summed E-state index contributed by atoms with van der Waals surface area (Å²) in [4.78, 5) is 10.9. The van der Waals surface area contributed by atoms with Gasteiger partial charge in [-0.15, -0.1) is 0 Å². The SMILES string of the molecule is C[Si](C)(C)OC(=O)C=C(C(F)(F)F)C(F)(F)F. The van der Waals surface area contributed by atoms with Crippen LogP contribution in [-0.4, -0.2) is 26.6 Å². The number of carbonyl (C=O) groups excluding carboxylic acids is 1. The summed E-state index contributed by atoms with van der Waals surface area (Å²) in [6.45, 7) is 4.37. The molecule has 0 N–H and O–H groups in total. The molecule has 0 saturated carbocycles. The zero-order valence-electron chi connectivity index (χ0n) is 9.16. The lowest BCUT2D eigenvalue weighted by molar-refractivity contribution is -0.173. The van der Waals surface area contributed by atoms with Crippen molar-refractivity contribution in [2.24, 2.45) is 0 Å². The zero-order chi connectivity index (χ0) is 14.1. The first-order valence-corrected chi connectivity index (χ1v) is 7.73. The largest absolute Gasteiger partial charge is 0.517 e. The second-order valence-corrected chi connectivity index (χ2v) is 8.52. The van der Waals surface area contributed by atoms with Crippen LogP contribution in [0, 0.1) is 0 Å². The standard InChI is InChI=1S/C8H10F6O2Si/c1-17(2,3)16-6(15)4-5(7(9,10)11)8(12,13)14/h4H,1-3H3. The fraction of sp³-hybridized carbons (Fsp3) is 0.625. The van der Waals surface area contributed by atoms with Gasteiger partial charge in [0.1, 0.15) is 5.57 Å². The Hall–Kier alpha value is -0.993. The highest BCUT2D eigenvalue weighted by atomic mass is 28.4. The summed E-state index contributed by atoms with van der Waals surface area (Å²) in [5, 5.41) is 0. The van der Waals surface area contributed by atoms with Crippen LogP contribution in [0.3, 0.4) is 0 Å². The minimum atomic E-state index is -5.64. The van der Waals surface area contributed by atoms with Crippen molar-refractivity contribution in [1.29, 1.82) is 0 Å². The second-order valence-electron chi connectivity index (χ2n) is 4.09. The van der Waals surface area contributed by atoms with Gasteiger partial charge in [-0.1, -0.05) is 0 Å². The summed E-state index contributed by atoms with van der Waals surface area (Å²) in [6.07, 6.45) is -11.8. The number of halogens is 6. The predicted octanol–water partition coefficient (Wildman–Crippen LogP) is 3.42. The lowest BCUT2D eigenvalue weighted by atomic mass is 10.2. The lowest BCUT2D eigenvalue weighted by Gasteiger charge is -2.18. The fourth-order valence-electron chi connectivity index (χ4n) is 0.773. The number of hydrogen-bond donors (Lipinski definition) is 0. The summed E-state index contributed by atoms with van der Waals surface area (Å²) >= 11 is 0. The molecule has 0 spiro atoms. The number of alkyl halides is 6. The van der Waals surface area contributed by atoms with Gasteiger partial charge in [-0.05, 0) is 19.6 Å². The van der Waals surface area contributed by atoms with E-state index in [-0.39, 0.29) is 0 Å². The monoisotopic (exact) mass is 280 g/mol. The Bertz CT molecular complexity index is 306. The van der Waals surface area contributed by atoms with Gasteiger partial charge in [0.2, 0.25) is 8.32 Å². The van der Waals surface area contributed by atoms with Crippen LogP contribution in [0.1, 0.15) is 0 Å². The van der Waals surface area contributed by atoms with Crippen LogP contribution < -0.4 is 0 Å². The van der Waals surface area contributed by atoms with Crippen LogP contribution in [-0.2, 0) is 9.22 Å². The van der Waals surface area contributed by atoms with Gasteiger partial charge in [0, 0.05) is 6.08 Å². The average Bonchev–Trinajstić information content (AvgIpc) is 1.91. The van der Waals surface area contributed by atoms with Crippen molar-refractivity contribution in [1.82, 2.24) is 0 Å². The molecule has 100 valence electrons. The van der Waals surface area contributed by atoms with Crippen molar-refractivity contribution in [2.75, 3.05) is 0 Å². The van der Waals surface area contributed by atoms with Crippen LogP contribution in [0.25, 0.3) is 0 Å². The summed E-state index contributed by atoms with van der Waals surface area (Å²) in [5.41, 5.74) is -2.87. The molecule has 0 aliphatic carbocycles. The second kappa shape index (κ2) is 4.71. The van der Waals surface area contributed by atoms with Crippen molar-refractivity contribution in [2.45, 2.75) is 32.0 Å². The topological polar surface area (TPSA) is 26.3 Å². The van der Waals surface area contributed by atoms with E-state index in [1.165, 1.54) is 19.6 Å². The Labute approximate surface area is 94.4 Å². The van der Waals surface area contributed by atoms with Gasteiger partial charge in [0.05, 0.1) is 0 Å². The third-order valence-electron chi connectivity index (χ3n) is 1.28. The molecule has 0 heterocycles. The van der Waals surface area contributed by atoms with E-state index in [4.69, 9.17) is 0 Å².